The summed E-state index contributed by atoms with van der Waals surface area (Å²) in [6, 6.07) is 0. The van der Waals surface area contributed by atoms with Gasteiger partial charge in [-0.05, 0) is 6.92 Å². The van der Waals surface area contributed by atoms with E-state index in [2.05, 4.69) is 0 Å². The van der Waals surface area contributed by atoms with Gasteiger partial charge in [-0.25, -0.2) is 4.79 Å². The summed E-state index contributed by atoms with van der Waals surface area (Å²) < 4.78 is 9.69. The fourth-order valence-electron chi connectivity index (χ4n) is 1.30. The zero-order chi connectivity index (χ0) is 11.6. The molecule has 0 aromatic rings. The van der Waals surface area contributed by atoms with Crippen molar-refractivity contribution >= 4 is 5.97 Å². The molecule has 0 aromatic heterocycles. The molecule has 0 aromatic carbocycles. The minimum absolute atomic E-state index is 0.642. The number of carboxylic acids is 1. The normalized spacial score (nSPS) is 41.5. The summed E-state index contributed by atoms with van der Waals surface area (Å²) in [7, 11) is 0. The first kappa shape index (κ1) is 12.3. The predicted octanol–water partition coefficient (Wildman–Crippen LogP) is -2.08. The van der Waals surface area contributed by atoms with Crippen molar-refractivity contribution in [2.45, 2.75) is 37.6 Å². The molecule has 0 amide bonds. The molecule has 0 spiro atoms. The van der Waals surface area contributed by atoms with Gasteiger partial charge in [-0.3, -0.25) is 0 Å². The Morgan fingerprint density at radius 2 is 1.87 bits per heavy atom. The molecule has 1 rings (SSSR count). The maximum Gasteiger partial charge on any atom is 0.329 e. The van der Waals surface area contributed by atoms with Gasteiger partial charge in [-0.1, -0.05) is 0 Å². The molecule has 15 heavy (non-hydrogen) atoms. The minimum Gasteiger partial charge on any atom is -0.480 e. The van der Waals surface area contributed by atoms with E-state index in [-0.39, 0.29) is 0 Å². The second-order valence-corrected chi connectivity index (χ2v) is 3.39. The number of hydrogen-bond acceptors (Lipinski definition) is 6. The minimum atomic E-state index is -1.46. The van der Waals surface area contributed by atoms with Gasteiger partial charge in [0.2, 0.25) is 0 Å². The van der Waals surface area contributed by atoms with Crippen molar-refractivity contribution in [3.05, 3.63) is 0 Å². The van der Waals surface area contributed by atoms with E-state index in [0.29, 0.717) is 0 Å². The highest BCUT2D eigenvalue weighted by atomic mass is 16.7. The molecule has 5 atom stereocenters. The van der Waals surface area contributed by atoms with Crippen LogP contribution in [0.2, 0.25) is 0 Å². The molecule has 1 fully saturated rings. The van der Waals surface area contributed by atoms with Crippen molar-refractivity contribution in [2.24, 2.45) is 0 Å². The van der Waals surface area contributed by atoms with Crippen LogP contribution in [0.1, 0.15) is 6.92 Å². The van der Waals surface area contributed by atoms with Crippen LogP contribution in [0.15, 0.2) is 0 Å². The summed E-state index contributed by atoms with van der Waals surface area (Å²) >= 11 is 0. The molecule has 7 nitrogen and oxygen atoms in total. The first-order valence-electron chi connectivity index (χ1n) is 4.46. The molecule has 0 bridgehead atoms. The average Bonchev–Trinajstić information content (AvgIpc) is 2.18. The number of aliphatic hydroxyl groups is 3. The standard InChI is InChI=1S/C8H14O7/c1-3-5(11)6(12)7(13)8(15-3)14-2-4(9)10/h3,5-8,11-13H,2H2,1H3,(H,9,10)/t3-,5+,6+,7-,8-/m0/s1. The lowest BCUT2D eigenvalue weighted by Crippen LogP contribution is -2.57. The van der Waals surface area contributed by atoms with E-state index in [1.54, 1.807) is 0 Å². The molecule has 0 saturated carbocycles. The van der Waals surface area contributed by atoms with E-state index < -0.39 is 43.3 Å². The fraction of sp³-hybridized carbons (Fsp3) is 0.875. The Morgan fingerprint density at radius 1 is 1.27 bits per heavy atom. The third-order valence-electron chi connectivity index (χ3n) is 2.18. The van der Waals surface area contributed by atoms with Gasteiger partial charge < -0.3 is 29.9 Å². The SMILES string of the molecule is C[C@@H]1O[C@H](OCC(=O)O)[C@@H](O)[C@H](O)[C@@H]1O. The van der Waals surface area contributed by atoms with Crippen LogP contribution in [-0.2, 0) is 14.3 Å². The molecule has 1 aliphatic rings. The van der Waals surface area contributed by atoms with Crippen molar-refractivity contribution in [3.63, 3.8) is 0 Å². The summed E-state index contributed by atoms with van der Waals surface area (Å²) in [6.45, 7) is 0.841. The van der Waals surface area contributed by atoms with Crippen molar-refractivity contribution < 1.29 is 34.7 Å². The Labute approximate surface area is 85.9 Å². The van der Waals surface area contributed by atoms with Gasteiger partial charge in [0.15, 0.2) is 6.29 Å². The van der Waals surface area contributed by atoms with Gasteiger partial charge in [-0.2, -0.15) is 0 Å². The quantitative estimate of drug-likeness (QED) is 0.432. The largest absolute Gasteiger partial charge is 0.480 e. The highest BCUT2D eigenvalue weighted by molar-refractivity contribution is 5.68. The van der Waals surface area contributed by atoms with Gasteiger partial charge in [-0.15, -0.1) is 0 Å². The van der Waals surface area contributed by atoms with Gasteiger partial charge in [0.25, 0.3) is 0 Å². The Hall–Kier alpha value is -0.730. The van der Waals surface area contributed by atoms with Gasteiger partial charge in [0.1, 0.15) is 24.9 Å². The molecular weight excluding hydrogens is 208 g/mol. The maximum atomic E-state index is 10.2. The molecule has 0 aliphatic carbocycles. The highest BCUT2D eigenvalue weighted by Gasteiger charge is 2.42. The Balaban J connectivity index is 2.54. The summed E-state index contributed by atoms with van der Waals surface area (Å²) in [5.74, 6) is -1.21. The number of ether oxygens (including phenoxy) is 2. The molecule has 1 heterocycles. The number of aliphatic hydroxyl groups excluding tert-OH is 3. The first-order valence-corrected chi connectivity index (χ1v) is 4.46. The smallest absolute Gasteiger partial charge is 0.329 e. The molecule has 4 N–H and O–H groups in total. The second-order valence-electron chi connectivity index (χ2n) is 3.39. The molecule has 1 saturated heterocycles. The molecule has 7 heteroatoms. The maximum absolute atomic E-state index is 10.2. The van der Waals surface area contributed by atoms with E-state index in [1.165, 1.54) is 6.92 Å². The summed E-state index contributed by atoms with van der Waals surface area (Å²) in [4.78, 5) is 10.2. The van der Waals surface area contributed by atoms with Crippen LogP contribution in [0, 0.1) is 0 Å². The van der Waals surface area contributed by atoms with Gasteiger partial charge >= 0.3 is 5.97 Å². The van der Waals surface area contributed by atoms with Crippen molar-refractivity contribution in [2.75, 3.05) is 6.61 Å². The van der Waals surface area contributed by atoms with E-state index in [9.17, 15) is 20.1 Å². The fourth-order valence-corrected chi connectivity index (χ4v) is 1.30. The lowest BCUT2D eigenvalue weighted by Gasteiger charge is -2.38. The zero-order valence-corrected chi connectivity index (χ0v) is 8.11. The molecule has 0 radical (unpaired) electrons. The van der Waals surface area contributed by atoms with Crippen molar-refractivity contribution in [3.8, 4) is 0 Å². The molecule has 1 aliphatic heterocycles. The number of rotatable bonds is 3. The molecule has 0 unspecified atom stereocenters. The van der Waals surface area contributed by atoms with E-state index in [0.717, 1.165) is 0 Å². The third kappa shape index (κ3) is 2.86. The van der Waals surface area contributed by atoms with Gasteiger partial charge in [0.05, 0.1) is 6.10 Å². The van der Waals surface area contributed by atoms with Crippen LogP contribution in [-0.4, -0.2) is 63.7 Å². The lowest BCUT2D eigenvalue weighted by atomic mass is 10.0. The number of aliphatic carboxylic acids is 1. The number of carbonyl (C=O) groups is 1. The Kier molecular flexibility index (Phi) is 4.00. The highest BCUT2D eigenvalue weighted by Crippen LogP contribution is 2.21. The zero-order valence-electron chi connectivity index (χ0n) is 8.11. The van der Waals surface area contributed by atoms with Crippen molar-refractivity contribution in [1.29, 1.82) is 0 Å². The third-order valence-corrected chi connectivity index (χ3v) is 2.18. The second kappa shape index (κ2) is 4.86. The van der Waals surface area contributed by atoms with E-state index >= 15 is 0 Å². The van der Waals surface area contributed by atoms with E-state index in [1.807, 2.05) is 0 Å². The summed E-state index contributed by atoms with van der Waals surface area (Å²) in [5, 5.41) is 36.4. The first-order chi connectivity index (χ1) is 6.93. The van der Waals surface area contributed by atoms with Crippen LogP contribution in [0.25, 0.3) is 0 Å². The summed E-state index contributed by atoms with van der Waals surface area (Å²) in [6.07, 6.45) is -6.07. The Morgan fingerprint density at radius 3 is 2.40 bits per heavy atom. The monoisotopic (exact) mass is 222 g/mol. The van der Waals surface area contributed by atoms with E-state index in [4.69, 9.17) is 14.6 Å². The lowest BCUT2D eigenvalue weighted by molar-refractivity contribution is -0.292. The van der Waals surface area contributed by atoms with Crippen LogP contribution < -0.4 is 0 Å². The van der Waals surface area contributed by atoms with Crippen molar-refractivity contribution in [1.82, 2.24) is 0 Å². The Bertz CT molecular complexity index is 231. The molecule has 88 valence electrons. The van der Waals surface area contributed by atoms with Gasteiger partial charge in [0, 0.05) is 0 Å². The van der Waals surface area contributed by atoms with Crippen LogP contribution >= 0.6 is 0 Å². The number of hydrogen-bond donors (Lipinski definition) is 4. The molecular formula is C8H14O7. The number of carboxylic acid groups (broad SMARTS) is 1. The topological polar surface area (TPSA) is 116 Å². The van der Waals surface area contributed by atoms with Crippen LogP contribution in [0.4, 0.5) is 0 Å². The average molecular weight is 222 g/mol. The predicted molar refractivity (Wildman–Crippen MR) is 45.9 cm³/mol. The van der Waals surface area contributed by atoms with Crippen LogP contribution in [0.3, 0.4) is 0 Å². The van der Waals surface area contributed by atoms with Crippen LogP contribution in [0.5, 0.6) is 0 Å². The summed E-state index contributed by atoms with van der Waals surface area (Å²) in [5.41, 5.74) is 0.